The van der Waals surface area contributed by atoms with Crippen LogP contribution in [0.5, 0.6) is 5.88 Å². The van der Waals surface area contributed by atoms with E-state index in [-0.39, 0.29) is 0 Å². The van der Waals surface area contributed by atoms with Crippen molar-refractivity contribution in [2.45, 2.75) is 18.4 Å². The summed E-state index contributed by atoms with van der Waals surface area (Å²) in [5.74, 6) is 0.511. The van der Waals surface area contributed by atoms with E-state index in [0.717, 1.165) is 24.1 Å². The molecule has 0 saturated carbocycles. The fourth-order valence-corrected chi connectivity index (χ4v) is 2.67. The van der Waals surface area contributed by atoms with Crippen molar-refractivity contribution >= 4 is 0 Å². The molecule has 4 heteroatoms. The minimum absolute atomic E-state index is 0.511. The van der Waals surface area contributed by atoms with Gasteiger partial charge in [0, 0.05) is 12.4 Å². The molecule has 4 nitrogen and oxygen atoms in total. The number of rotatable bonds is 2. The number of methoxy groups -OCH3 is 1. The summed E-state index contributed by atoms with van der Waals surface area (Å²) >= 11 is 0. The molecule has 1 unspecified atom stereocenters. The minimum Gasteiger partial charge on any atom is -0.480 e. The number of hydrogen-bond acceptors (Lipinski definition) is 4. The zero-order valence-electron chi connectivity index (χ0n) is 10.3. The third kappa shape index (κ3) is 1.49. The quantitative estimate of drug-likeness (QED) is 0.868. The first-order valence-corrected chi connectivity index (χ1v) is 5.98. The maximum Gasteiger partial charge on any atom is 0.237 e. The molecule has 0 spiro atoms. The van der Waals surface area contributed by atoms with Crippen molar-refractivity contribution in [3.63, 3.8) is 0 Å². The third-order valence-corrected chi connectivity index (χ3v) is 3.57. The van der Waals surface area contributed by atoms with Gasteiger partial charge in [-0.1, -0.05) is 24.3 Å². The fraction of sp³-hybridized carbons (Fsp3) is 0.286. The Morgan fingerprint density at radius 2 is 2.00 bits per heavy atom. The minimum atomic E-state index is -0.587. The summed E-state index contributed by atoms with van der Waals surface area (Å²) in [6.45, 7) is 0. The molecule has 18 heavy (non-hydrogen) atoms. The number of fused-ring (bicyclic) bond motifs is 1. The Labute approximate surface area is 106 Å². The molecule has 0 amide bonds. The first-order chi connectivity index (χ1) is 8.75. The van der Waals surface area contributed by atoms with Gasteiger partial charge >= 0.3 is 0 Å². The van der Waals surface area contributed by atoms with Crippen LogP contribution in [0.3, 0.4) is 0 Å². The predicted octanol–water partition coefficient (Wildman–Crippen LogP) is 1.63. The predicted molar refractivity (Wildman–Crippen MR) is 68.3 cm³/mol. The van der Waals surface area contributed by atoms with Crippen molar-refractivity contribution in [1.29, 1.82) is 0 Å². The van der Waals surface area contributed by atoms with Crippen molar-refractivity contribution in [1.82, 2.24) is 9.97 Å². The van der Waals surface area contributed by atoms with Gasteiger partial charge in [-0.3, -0.25) is 4.98 Å². The van der Waals surface area contributed by atoms with E-state index >= 15 is 0 Å². The van der Waals surface area contributed by atoms with Gasteiger partial charge in [0.25, 0.3) is 0 Å². The molecule has 0 fully saturated rings. The van der Waals surface area contributed by atoms with E-state index in [2.05, 4.69) is 22.1 Å². The second-order valence-electron chi connectivity index (χ2n) is 4.54. The van der Waals surface area contributed by atoms with Gasteiger partial charge in [0.15, 0.2) is 0 Å². The Hall–Kier alpha value is -1.94. The molecule has 1 aromatic carbocycles. The summed E-state index contributed by atoms with van der Waals surface area (Å²) in [7, 11) is 1.59. The monoisotopic (exact) mass is 241 g/mol. The van der Waals surface area contributed by atoms with E-state index in [9.17, 15) is 0 Å². The summed E-state index contributed by atoms with van der Waals surface area (Å²) in [5.41, 5.74) is 9.13. The van der Waals surface area contributed by atoms with Gasteiger partial charge in [-0.15, -0.1) is 0 Å². The average Bonchev–Trinajstić information content (AvgIpc) is 2.78. The molecule has 0 saturated heterocycles. The van der Waals surface area contributed by atoms with E-state index in [1.807, 2.05) is 12.1 Å². The third-order valence-electron chi connectivity index (χ3n) is 3.57. The molecule has 1 aliphatic carbocycles. The van der Waals surface area contributed by atoms with Crippen molar-refractivity contribution in [3.05, 3.63) is 53.5 Å². The molecule has 1 aliphatic rings. The number of nitrogens with zero attached hydrogens (tertiary/aromatic N) is 2. The topological polar surface area (TPSA) is 61.0 Å². The standard InChI is InChI=1S/C14H15N3O/c1-18-13-12(16-8-9-17-13)14(15)7-6-10-4-2-3-5-11(10)14/h2-5,8-9H,6-7,15H2,1H3. The summed E-state index contributed by atoms with van der Waals surface area (Å²) in [4.78, 5) is 8.58. The summed E-state index contributed by atoms with van der Waals surface area (Å²) in [6.07, 6.45) is 5.08. The second-order valence-corrected chi connectivity index (χ2v) is 4.54. The zero-order valence-corrected chi connectivity index (χ0v) is 10.3. The van der Waals surface area contributed by atoms with Crippen molar-refractivity contribution in [2.75, 3.05) is 7.11 Å². The molecule has 2 N–H and O–H groups in total. The number of ether oxygens (including phenoxy) is 1. The first kappa shape index (κ1) is 11.2. The van der Waals surface area contributed by atoms with Gasteiger partial charge in [-0.25, -0.2) is 4.98 Å². The molecule has 3 rings (SSSR count). The van der Waals surface area contributed by atoms with E-state index in [0.29, 0.717) is 5.88 Å². The number of hydrogen-bond donors (Lipinski definition) is 1. The Bertz CT molecular complexity index is 585. The Morgan fingerprint density at radius 3 is 2.83 bits per heavy atom. The highest BCUT2D eigenvalue weighted by molar-refractivity contribution is 5.46. The first-order valence-electron chi connectivity index (χ1n) is 5.98. The average molecular weight is 241 g/mol. The molecule has 1 heterocycles. The van der Waals surface area contributed by atoms with Gasteiger partial charge in [0.2, 0.25) is 5.88 Å². The van der Waals surface area contributed by atoms with Crippen LogP contribution < -0.4 is 10.5 Å². The Kier molecular flexibility index (Phi) is 2.52. The smallest absolute Gasteiger partial charge is 0.237 e. The van der Waals surface area contributed by atoms with Crippen LogP contribution in [0.2, 0.25) is 0 Å². The lowest BCUT2D eigenvalue weighted by Crippen LogP contribution is -2.37. The van der Waals surface area contributed by atoms with E-state index < -0.39 is 5.54 Å². The van der Waals surface area contributed by atoms with Crippen LogP contribution in [-0.4, -0.2) is 17.1 Å². The van der Waals surface area contributed by atoms with Crippen LogP contribution in [0.4, 0.5) is 0 Å². The molecule has 92 valence electrons. The largest absolute Gasteiger partial charge is 0.480 e. The van der Waals surface area contributed by atoms with Gasteiger partial charge in [-0.2, -0.15) is 0 Å². The van der Waals surface area contributed by atoms with Crippen LogP contribution >= 0.6 is 0 Å². The van der Waals surface area contributed by atoms with E-state index in [1.54, 1.807) is 19.5 Å². The molecular weight excluding hydrogens is 226 g/mol. The molecule has 1 atom stereocenters. The zero-order chi connectivity index (χ0) is 12.6. The van der Waals surface area contributed by atoms with Gasteiger partial charge in [0.1, 0.15) is 5.69 Å². The number of aromatic nitrogens is 2. The van der Waals surface area contributed by atoms with E-state index in [4.69, 9.17) is 10.5 Å². The van der Waals surface area contributed by atoms with Crippen LogP contribution in [0.25, 0.3) is 0 Å². The number of nitrogens with two attached hydrogens (primary N) is 1. The van der Waals surface area contributed by atoms with Gasteiger partial charge in [-0.05, 0) is 24.0 Å². The van der Waals surface area contributed by atoms with Crippen LogP contribution in [0, 0.1) is 0 Å². The maximum absolute atomic E-state index is 6.59. The van der Waals surface area contributed by atoms with E-state index in [1.165, 1.54) is 5.56 Å². The highest BCUT2D eigenvalue weighted by Gasteiger charge is 2.40. The normalized spacial score (nSPS) is 21.7. The van der Waals surface area contributed by atoms with Gasteiger partial charge < -0.3 is 10.5 Å². The molecule has 0 bridgehead atoms. The molecule has 2 aromatic rings. The number of aryl methyl sites for hydroxylation is 1. The highest BCUT2D eigenvalue weighted by atomic mass is 16.5. The van der Waals surface area contributed by atoms with Crippen molar-refractivity contribution in [3.8, 4) is 5.88 Å². The van der Waals surface area contributed by atoms with Crippen LogP contribution in [-0.2, 0) is 12.0 Å². The van der Waals surface area contributed by atoms with Crippen LogP contribution in [0.15, 0.2) is 36.7 Å². The molecular formula is C14H15N3O. The molecule has 0 aliphatic heterocycles. The lowest BCUT2D eigenvalue weighted by molar-refractivity contribution is 0.371. The van der Waals surface area contributed by atoms with Crippen LogP contribution in [0.1, 0.15) is 23.2 Å². The summed E-state index contributed by atoms with van der Waals surface area (Å²) in [5, 5.41) is 0. The molecule has 1 aromatic heterocycles. The van der Waals surface area contributed by atoms with Gasteiger partial charge in [0.05, 0.1) is 12.6 Å². The lowest BCUT2D eigenvalue weighted by atomic mass is 9.89. The maximum atomic E-state index is 6.59. The summed E-state index contributed by atoms with van der Waals surface area (Å²) in [6, 6.07) is 8.23. The Morgan fingerprint density at radius 1 is 1.22 bits per heavy atom. The molecule has 0 radical (unpaired) electrons. The summed E-state index contributed by atoms with van der Waals surface area (Å²) < 4.78 is 5.28. The van der Waals surface area contributed by atoms with Crippen molar-refractivity contribution in [2.24, 2.45) is 5.73 Å². The Balaban J connectivity index is 2.17. The second kappa shape index (κ2) is 4.07. The fourth-order valence-electron chi connectivity index (χ4n) is 2.67. The van der Waals surface area contributed by atoms with Crippen molar-refractivity contribution < 1.29 is 4.74 Å². The SMILES string of the molecule is COc1nccnc1C1(N)CCc2ccccc21. The number of benzene rings is 1. The highest BCUT2D eigenvalue weighted by Crippen LogP contribution is 2.41. The lowest BCUT2D eigenvalue weighted by Gasteiger charge is -2.25.